The normalized spacial score (nSPS) is 15.1. The van der Waals surface area contributed by atoms with Gasteiger partial charge in [0.05, 0.1) is 18.7 Å². The average Bonchev–Trinajstić information content (AvgIpc) is 3.13. The van der Waals surface area contributed by atoms with Crippen molar-refractivity contribution >= 4 is 43.3 Å². The van der Waals surface area contributed by atoms with E-state index in [9.17, 15) is 22.4 Å². The van der Waals surface area contributed by atoms with E-state index in [1.807, 2.05) is 0 Å². The third-order valence-electron chi connectivity index (χ3n) is 4.44. The van der Waals surface area contributed by atoms with Crippen molar-refractivity contribution in [3.63, 3.8) is 0 Å². The summed E-state index contributed by atoms with van der Waals surface area (Å²) < 4.78 is 46.4. The van der Waals surface area contributed by atoms with Crippen molar-refractivity contribution in [3.8, 4) is 0 Å². The highest BCUT2D eigenvalue weighted by molar-refractivity contribution is 7.90. The van der Waals surface area contributed by atoms with Gasteiger partial charge in [0.25, 0.3) is 15.9 Å². The smallest absolute Gasteiger partial charge is 0.348 e. The molecule has 1 aliphatic rings. The van der Waals surface area contributed by atoms with Gasteiger partial charge in [-0.1, -0.05) is 18.2 Å². The molecule has 0 atom stereocenters. The first-order valence-electron chi connectivity index (χ1n) is 8.39. The van der Waals surface area contributed by atoms with Gasteiger partial charge in [0.15, 0.2) is 0 Å². The molecule has 1 amide bonds. The predicted molar refractivity (Wildman–Crippen MR) is 101 cm³/mol. The number of ether oxygens (including phenoxy) is 1. The second-order valence-electron chi connectivity index (χ2n) is 6.06. The first-order valence-corrected chi connectivity index (χ1v) is 10.6. The van der Waals surface area contributed by atoms with Crippen LogP contribution in [0.1, 0.15) is 32.5 Å². The molecule has 3 aromatic rings. The van der Waals surface area contributed by atoms with Gasteiger partial charge in [-0.25, -0.2) is 21.9 Å². The molecule has 1 aromatic heterocycles. The number of thiophene rings is 1. The Morgan fingerprint density at radius 3 is 2.64 bits per heavy atom. The lowest BCUT2D eigenvalue weighted by molar-refractivity contribution is 0.0529. The Labute approximate surface area is 164 Å². The standard InChI is InChI=1S/C19H14FNO5S2/c1-2-26-19(23)17-12(16-13(20)7-5-8-14(16)27-17)10-21-18(22)11-6-3-4-9-15(11)28(21,24)25/h3-9H,2,10H2,1H3. The summed E-state index contributed by atoms with van der Waals surface area (Å²) in [5.74, 6) is -1.98. The van der Waals surface area contributed by atoms with Gasteiger partial charge in [0.1, 0.15) is 15.6 Å². The van der Waals surface area contributed by atoms with E-state index in [0.29, 0.717) is 9.01 Å². The minimum Gasteiger partial charge on any atom is -0.462 e. The van der Waals surface area contributed by atoms with E-state index < -0.39 is 34.3 Å². The number of sulfonamides is 1. The van der Waals surface area contributed by atoms with Crippen LogP contribution < -0.4 is 0 Å². The monoisotopic (exact) mass is 419 g/mol. The second-order valence-corrected chi connectivity index (χ2v) is 8.94. The third kappa shape index (κ3) is 2.70. The number of hydrogen-bond donors (Lipinski definition) is 0. The number of carbonyl (C=O) groups excluding carboxylic acids is 2. The first kappa shape index (κ1) is 18.6. The summed E-state index contributed by atoms with van der Waals surface area (Å²) in [6, 6.07) is 10.2. The quantitative estimate of drug-likeness (QED) is 0.604. The van der Waals surface area contributed by atoms with Gasteiger partial charge in [0, 0.05) is 15.6 Å². The molecule has 0 aliphatic carbocycles. The average molecular weight is 419 g/mol. The summed E-state index contributed by atoms with van der Waals surface area (Å²) in [5, 5.41) is 0.120. The minimum absolute atomic E-state index is 0.0557. The van der Waals surface area contributed by atoms with E-state index in [1.165, 1.54) is 30.3 Å². The van der Waals surface area contributed by atoms with Crippen LogP contribution in [0.4, 0.5) is 4.39 Å². The number of amides is 1. The Balaban J connectivity index is 1.88. The molecule has 6 nitrogen and oxygen atoms in total. The van der Waals surface area contributed by atoms with Crippen LogP contribution in [0.25, 0.3) is 10.1 Å². The van der Waals surface area contributed by atoms with Crippen LogP contribution in [0.15, 0.2) is 47.4 Å². The van der Waals surface area contributed by atoms with Gasteiger partial charge in [0.2, 0.25) is 0 Å². The van der Waals surface area contributed by atoms with Crippen LogP contribution in [-0.2, 0) is 21.3 Å². The van der Waals surface area contributed by atoms with Crippen molar-refractivity contribution < 1.29 is 27.1 Å². The predicted octanol–water partition coefficient (Wildman–Crippen LogP) is 3.56. The van der Waals surface area contributed by atoms with E-state index in [1.54, 1.807) is 19.1 Å². The molecule has 4 rings (SSSR count). The Hall–Kier alpha value is -2.78. The Kier molecular flexibility index (Phi) is 4.43. The molecular formula is C19H14FNO5S2. The molecule has 0 saturated heterocycles. The summed E-state index contributed by atoms with van der Waals surface area (Å²) >= 11 is 1.01. The number of halogens is 1. The summed E-state index contributed by atoms with van der Waals surface area (Å²) in [6.07, 6.45) is 0. The molecule has 1 aliphatic heterocycles. The topological polar surface area (TPSA) is 80.8 Å². The minimum atomic E-state index is -4.09. The van der Waals surface area contributed by atoms with Gasteiger partial charge >= 0.3 is 5.97 Å². The number of hydrogen-bond acceptors (Lipinski definition) is 6. The Morgan fingerprint density at radius 2 is 1.93 bits per heavy atom. The van der Waals surface area contributed by atoms with Crippen molar-refractivity contribution in [2.75, 3.05) is 6.61 Å². The second kappa shape index (κ2) is 6.68. The number of nitrogens with zero attached hydrogens (tertiary/aromatic N) is 1. The lowest BCUT2D eigenvalue weighted by Crippen LogP contribution is -2.30. The Morgan fingerprint density at radius 1 is 1.18 bits per heavy atom. The maximum Gasteiger partial charge on any atom is 0.348 e. The van der Waals surface area contributed by atoms with Gasteiger partial charge in [-0.2, -0.15) is 0 Å². The zero-order chi connectivity index (χ0) is 20.1. The molecular weight excluding hydrogens is 405 g/mol. The molecule has 144 valence electrons. The summed E-state index contributed by atoms with van der Waals surface area (Å²) in [7, 11) is -4.09. The van der Waals surface area contributed by atoms with Crippen LogP contribution in [0, 0.1) is 5.82 Å². The fourth-order valence-electron chi connectivity index (χ4n) is 3.21. The number of esters is 1. The van der Waals surface area contributed by atoms with Gasteiger partial charge in [-0.05, 0) is 31.2 Å². The molecule has 2 aromatic carbocycles. The van der Waals surface area contributed by atoms with Crippen molar-refractivity contribution in [1.29, 1.82) is 0 Å². The highest BCUT2D eigenvalue weighted by Crippen LogP contribution is 2.38. The Bertz CT molecular complexity index is 1230. The lowest BCUT2D eigenvalue weighted by Gasteiger charge is -2.16. The van der Waals surface area contributed by atoms with Gasteiger partial charge in [-0.3, -0.25) is 4.79 Å². The lowest BCUT2D eigenvalue weighted by atomic mass is 10.1. The highest BCUT2D eigenvalue weighted by Gasteiger charge is 2.42. The summed E-state index contributed by atoms with van der Waals surface area (Å²) in [6.45, 7) is 1.29. The van der Waals surface area contributed by atoms with Crippen molar-refractivity contribution in [2.24, 2.45) is 0 Å². The molecule has 0 bridgehead atoms. The molecule has 28 heavy (non-hydrogen) atoms. The van der Waals surface area contributed by atoms with E-state index in [0.717, 1.165) is 11.3 Å². The molecule has 2 heterocycles. The third-order valence-corrected chi connectivity index (χ3v) is 7.40. The SMILES string of the molecule is CCOC(=O)c1sc2cccc(F)c2c1CN1C(=O)c2ccccc2S1(=O)=O. The number of carbonyl (C=O) groups is 2. The molecule has 0 fully saturated rings. The van der Waals surface area contributed by atoms with E-state index in [2.05, 4.69) is 0 Å². The molecule has 0 N–H and O–H groups in total. The fourth-order valence-corrected chi connectivity index (χ4v) is 5.87. The van der Waals surface area contributed by atoms with Crippen LogP contribution >= 0.6 is 11.3 Å². The zero-order valence-corrected chi connectivity index (χ0v) is 16.3. The molecule has 0 saturated carbocycles. The zero-order valence-electron chi connectivity index (χ0n) is 14.6. The van der Waals surface area contributed by atoms with Crippen molar-refractivity contribution in [1.82, 2.24) is 4.31 Å². The van der Waals surface area contributed by atoms with E-state index in [4.69, 9.17) is 4.74 Å². The van der Waals surface area contributed by atoms with Crippen LogP contribution in [0.3, 0.4) is 0 Å². The highest BCUT2D eigenvalue weighted by atomic mass is 32.2. The number of benzene rings is 2. The summed E-state index contributed by atoms with van der Waals surface area (Å²) in [4.78, 5) is 25.1. The fraction of sp³-hybridized carbons (Fsp3) is 0.158. The largest absolute Gasteiger partial charge is 0.462 e. The molecule has 0 spiro atoms. The molecule has 0 radical (unpaired) electrons. The molecule has 9 heteroatoms. The van der Waals surface area contributed by atoms with Crippen LogP contribution in [-0.4, -0.2) is 31.2 Å². The number of rotatable bonds is 4. The maximum atomic E-state index is 14.5. The maximum absolute atomic E-state index is 14.5. The van der Waals surface area contributed by atoms with E-state index >= 15 is 0 Å². The van der Waals surface area contributed by atoms with Gasteiger partial charge in [-0.15, -0.1) is 11.3 Å². The summed E-state index contributed by atoms with van der Waals surface area (Å²) in [5.41, 5.74) is 0.182. The first-order chi connectivity index (χ1) is 13.4. The van der Waals surface area contributed by atoms with Crippen LogP contribution in [0.5, 0.6) is 0 Å². The molecule has 0 unspecified atom stereocenters. The van der Waals surface area contributed by atoms with Crippen molar-refractivity contribution in [3.05, 3.63) is 64.3 Å². The van der Waals surface area contributed by atoms with E-state index in [-0.39, 0.29) is 32.9 Å². The van der Waals surface area contributed by atoms with Crippen molar-refractivity contribution in [2.45, 2.75) is 18.4 Å². The van der Waals surface area contributed by atoms with Gasteiger partial charge < -0.3 is 4.74 Å². The number of fused-ring (bicyclic) bond motifs is 2. The van der Waals surface area contributed by atoms with Crippen LogP contribution in [0.2, 0.25) is 0 Å².